The van der Waals surface area contributed by atoms with E-state index >= 15 is 0 Å². The predicted molar refractivity (Wildman–Crippen MR) is 86.8 cm³/mol. The fourth-order valence-electron chi connectivity index (χ4n) is 2.30. The molecule has 3 rings (SSSR count). The van der Waals surface area contributed by atoms with Crippen LogP contribution in [0.1, 0.15) is 0 Å². The van der Waals surface area contributed by atoms with Gasteiger partial charge in [-0.1, -0.05) is 30.3 Å². The van der Waals surface area contributed by atoms with Crippen LogP contribution in [0.3, 0.4) is 0 Å². The van der Waals surface area contributed by atoms with Gasteiger partial charge in [-0.25, -0.2) is 4.39 Å². The Morgan fingerprint density at radius 3 is 2.38 bits per heavy atom. The zero-order chi connectivity index (χ0) is 14.7. The first-order chi connectivity index (χ1) is 10.3. The largest absolute Gasteiger partial charge is 0.256 e. The molecule has 0 saturated heterocycles. The van der Waals surface area contributed by atoms with Crippen molar-refractivity contribution in [1.29, 1.82) is 0 Å². The lowest BCUT2D eigenvalue weighted by Gasteiger charge is -2.12. The zero-order valence-electron chi connectivity index (χ0n) is 11.6. The summed E-state index contributed by atoms with van der Waals surface area (Å²) < 4.78 is 14.2. The number of halogens is 1. The highest BCUT2D eigenvalue weighted by molar-refractivity contribution is 7.98. The van der Waals surface area contributed by atoms with Crippen LogP contribution < -0.4 is 0 Å². The Hall–Kier alpha value is -2.13. The maximum absolute atomic E-state index is 14.2. The lowest BCUT2D eigenvalue weighted by Crippen LogP contribution is -1.91. The molecule has 0 unspecified atom stereocenters. The van der Waals surface area contributed by atoms with E-state index in [-0.39, 0.29) is 5.82 Å². The molecule has 0 aliphatic heterocycles. The van der Waals surface area contributed by atoms with Gasteiger partial charge in [0.25, 0.3) is 0 Å². The van der Waals surface area contributed by atoms with E-state index in [1.54, 1.807) is 30.1 Å². The van der Waals surface area contributed by atoms with E-state index in [1.807, 2.05) is 48.7 Å². The summed E-state index contributed by atoms with van der Waals surface area (Å²) in [7, 11) is 0. The SMILES string of the molecule is CSc1ccc(-c2ccccn2)c(-c2ccccc2F)c1. The second kappa shape index (κ2) is 6.10. The van der Waals surface area contributed by atoms with Gasteiger partial charge in [-0.15, -0.1) is 11.8 Å². The molecule has 21 heavy (non-hydrogen) atoms. The molecule has 0 fully saturated rings. The highest BCUT2D eigenvalue weighted by Crippen LogP contribution is 2.35. The quantitative estimate of drug-likeness (QED) is 0.610. The number of pyridine rings is 1. The number of hydrogen-bond acceptors (Lipinski definition) is 2. The number of nitrogens with zero attached hydrogens (tertiary/aromatic N) is 1. The summed E-state index contributed by atoms with van der Waals surface area (Å²) in [5.74, 6) is -0.215. The molecular weight excluding hydrogens is 281 g/mol. The summed E-state index contributed by atoms with van der Waals surface area (Å²) in [6.07, 6.45) is 3.77. The monoisotopic (exact) mass is 295 g/mol. The molecule has 0 atom stereocenters. The molecule has 3 heteroatoms. The van der Waals surface area contributed by atoms with Crippen LogP contribution in [0, 0.1) is 5.82 Å². The first-order valence-electron chi connectivity index (χ1n) is 6.64. The molecule has 3 aromatic rings. The summed E-state index contributed by atoms with van der Waals surface area (Å²) >= 11 is 1.64. The summed E-state index contributed by atoms with van der Waals surface area (Å²) in [5.41, 5.74) is 3.27. The maximum atomic E-state index is 14.2. The van der Waals surface area contributed by atoms with Crippen LogP contribution in [0.4, 0.5) is 4.39 Å². The van der Waals surface area contributed by atoms with Gasteiger partial charge in [0.05, 0.1) is 5.69 Å². The fraction of sp³-hybridized carbons (Fsp3) is 0.0556. The lowest BCUT2D eigenvalue weighted by atomic mass is 9.97. The van der Waals surface area contributed by atoms with Gasteiger partial charge in [-0.05, 0) is 42.2 Å². The Bertz CT molecular complexity index is 756. The highest BCUT2D eigenvalue weighted by Gasteiger charge is 2.12. The molecule has 1 aromatic heterocycles. The number of aromatic nitrogens is 1. The molecule has 0 N–H and O–H groups in total. The number of rotatable bonds is 3. The Kier molecular flexibility index (Phi) is 4.02. The third kappa shape index (κ3) is 2.83. The van der Waals surface area contributed by atoms with Crippen LogP contribution in [0.2, 0.25) is 0 Å². The average molecular weight is 295 g/mol. The van der Waals surface area contributed by atoms with Gasteiger partial charge in [-0.3, -0.25) is 4.98 Å². The summed E-state index contributed by atoms with van der Waals surface area (Å²) in [6.45, 7) is 0. The molecule has 1 nitrogen and oxygen atoms in total. The Labute approximate surface area is 127 Å². The molecule has 0 radical (unpaired) electrons. The van der Waals surface area contributed by atoms with Crippen molar-refractivity contribution >= 4 is 11.8 Å². The minimum Gasteiger partial charge on any atom is -0.256 e. The van der Waals surface area contributed by atoms with E-state index in [1.165, 1.54) is 6.07 Å². The minimum atomic E-state index is -0.215. The molecule has 0 bridgehead atoms. The standard InChI is InChI=1S/C18H14FNS/c1-21-13-9-10-15(18-8-4-5-11-20-18)16(12-13)14-6-2-3-7-17(14)19/h2-12H,1H3. The van der Waals surface area contributed by atoms with E-state index in [4.69, 9.17) is 0 Å². The van der Waals surface area contributed by atoms with Crippen LogP contribution in [0.25, 0.3) is 22.4 Å². The molecule has 1 heterocycles. The minimum absolute atomic E-state index is 0.215. The van der Waals surface area contributed by atoms with Crippen molar-refractivity contribution in [3.63, 3.8) is 0 Å². The van der Waals surface area contributed by atoms with Gasteiger partial charge in [0.1, 0.15) is 5.82 Å². The van der Waals surface area contributed by atoms with E-state index in [2.05, 4.69) is 4.98 Å². The van der Waals surface area contributed by atoms with Crippen LogP contribution in [-0.4, -0.2) is 11.2 Å². The molecule has 0 amide bonds. The lowest BCUT2D eigenvalue weighted by molar-refractivity contribution is 0.631. The van der Waals surface area contributed by atoms with E-state index < -0.39 is 0 Å². The fourth-order valence-corrected chi connectivity index (χ4v) is 2.74. The molecule has 104 valence electrons. The molecule has 2 aromatic carbocycles. The highest BCUT2D eigenvalue weighted by atomic mass is 32.2. The second-order valence-corrected chi connectivity index (χ2v) is 5.49. The predicted octanol–water partition coefficient (Wildman–Crippen LogP) is 5.28. The van der Waals surface area contributed by atoms with Crippen LogP contribution >= 0.6 is 11.8 Å². The Balaban J connectivity index is 2.24. The number of thioether (sulfide) groups is 1. The second-order valence-electron chi connectivity index (χ2n) is 4.61. The summed E-state index contributed by atoms with van der Waals surface area (Å²) in [5, 5.41) is 0. The van der Waals surface area contributed by atoms with Crippen LogP contribution in [-0.2, 0) is 0 Å². The topological polar surface area (TPSA) is 12.9 Å². The Morgan fingerprint density at radius 1 is 0.857 bits per heavy atom. The average Bonchev–Trinajstić information content (AvgIpc) is 2.55. The third-order valence-corrected chi connectivity index (χ3v) is 4.06. The zero-order valence-corrected chi connectivity index (χ0v) is 12.4. The van der Waals surface area contributed by atoms with Crippen molar-refractivity contribution in [2.24, 2.45) is 0 Å². The Morgan fingerprint density at radius 2 is 1.67 bits per heavy atom. The van der Waals surface area contributed by atoms with Gasteiger partial charge >= 0.3 is 0 Å². The van der Waals surface area contributed by atoms with Gasteiger partial charge in [0, 0.05) is 22.2 Å². The molecule has 0 spiro atoms. The van der Waals surface area contributed by atoms with Crippen LogP contribution in [0.15, 0.2) is 71.8 Å². The van der Waals surface area contributed by atoms with Crippen molar-refractivity contribution in [2.45, 2.75) is 4.90 Å². The maximum Gasteiger partial charge on any atom is 0.131 e. The van der Waals surface area contributed by atoms with Crippen molar-refractivity contribution in [3.8, 4) is 22.4 Å². The smallest absolute Gasteiger partial charge is 0.131 e. The van der Waals surface area contributed by atoms with E-state index in [0.29, 0.717) is 5.56 Å². The van der Waals surface area contributed by atoms with Gasteiger partial charge in [0.2, 0.25) is 0 Å². The number of benzene rings is 2. The molecular formula is C18H14FNS. The van der Waals surface area contributed by atoms with Gasteiger partial charge < -0.3 is 0 Å². The van der Waals surface area contributed by atoms with E-state index in [9.17, 15) is 4.39 Å². The number of hydrogen-bond donors (Lipinski definition) is 0. The molecule has 0 aliphatic carbocycles. The third-order valence-electron chi connectivity index (χ3n) is 3.33. The summed E-state index contributed by atoms with van der Waals surface area (Å²) in [4.78, 5) is 5.50. The van der Waals surface area contributed by atoms with Gasteiger partial charge in [-0.2, -0.15) is 0 Å². The van der Waals surface area contributed by atoms with Crippen LogP contribution in [0.5, 0.6) is 0 Å². The molecule has 0 aliphatic rings. The van der Waals surface area contributed by atoms with Crippen molar-refractivity contribution in [3.05, 3.63) is 72.7 Å². The molecule has 0 saturated carbocycles. The normalized spacial score (nSPS) is 10.6. The van der Waals surface area contributed by atoms with Crippen molar-refractivity contribution in [2.75, 3.05) is 6.26 Å². The first-order valence-corrected chi connectivity index (χ1v) is 7.86. The van der Waals surface area contributed by atoms with Crippen molar-refractivity contribution < 1.29 is 4.39 Å². The van der Waals surface area contributed by atoms with E-state index in [0.717, 1.165) is 21.7 Å². The van der Waals surface area contributed by atoms with Gasteiger partial charge in [0.15, 0.2) is 0 Å². The van der Waals surface area contributed by atoms with Crippen molar-refractivity contribution in [1.82, 2.24) is 4.98 Å². The first kappa shape index (κ1) is 13.8. The summed E-state index contributed by atoms with van der Waals surface area (Å²) in [6, 6.07) is 18.7.